The van der Waals surface area contributed by atoms with Crippen molar-refractivity contribution in [2.24, 2.45) is 0 Å². The molecule has 0 aliphatic carbocycles. The van der Waals surface area contributed by atoms with Crippen LogP contribution in [0.3, 0.4) is 0 Å². The van der Waals surface area contributed by atoms with Crippen LogP contribution in [0.5, 0.6) is 0 Å². The first-order valence-corrected chi connectivity index (χ1v) is 17.8. The lowest BCUT2D eigenvalue weighted by atomic mass is 9.86. The zero-order valence-electron chi connectivity index (χ0n) is 28.0. The zero-order chi connectivity index (χ0) is 33.9. The maximum absolute atomic E-state index is 7.01. The van der Waals surface area contributed by atoms with Crippen LogP contribution >= 0.6 is 0 Å². The zero-order valence-corrected chi connectivity index (χ0v) is 28.0. The summed E-state index contributed by atoms with van der Waals surface area (Å²) in [6, 6.07) is 61.3. The van der Waals surface area contributed by atoms with Crippen LogP contribution in [0.25, 0.3) is 120 Å². The predicted octanol–water partition coefficient (Wildman–Crippen LogP) is 14.5. The first-order valence-electron chi connectivity index (χ1n) is 17.8. The second-order valence-corrected chi connectivity index (χ2v) is 14.0. The lowest BCUT2D eigenvalue weighted by Crippen LogP contribution is -1.90. The Morgan fingerprint density at radius 3 is 1.71 bits per heavy atom. The average Bonchev–Trinajstić information content (AvgIpc) is 3.77. The summed E-state index contributed by atoms with van der Waals surface area (Å²) in [5, 5.41) is 14.5. The van der Waals surface area contributed by atoms with Crippen LogP contribution in [-0.4, -0.2) is 0 Å². The van der Waals surface area contributed by atoms with Crippen molar-refractivity contribution in [3.63, 3.8) is 0 Å². The smallest absolute Gasteiger partial charge is 0.143 e. The Balaban J connectivity index is 1.20. The molecular formula is C50H28O2. The van der Waals surface area contributed by atoms with Gasteiger partial charge in [0.1, 0.15) is 22.3 Å². The van der Waals surface area contributed by atoms with E-state index in [0.29, 0.717) is 0 Å². The summed E-state index contributed by atoms with van der Waals surface area (Å²) in [7, 11) is 0. The van der Waals surface area contributed by atoms with Crippen LogP contribution in [0.4, 0.5) is 0 Å². The van der Waals surface area contributed by atoms with Crippen molar-refractivity contribution in [2.45, 2.75) is 0 Å². The number of benzene rings is 10. The molecule has 52 heavy (non-hydrogen) atoms. The van der Waals surface area contributed by atoms with Crippen LogP contribution in [0, 0.1) is 0 Å². The summed E-state index contributed by atoms with van der Waals surface area (Å²) in [5.74, 6) is 0. The highest BCUT2D eigenvalue weighted by molar-refractivity contribution is 6.29. The lowest BCUT2D eigenvalue weighted by Gasteiger charge is -2.17. The number of fused-ring (bicyclic) bond motifs is 7. The maximum Gasteiger partial charge on any atom is 0.143 e. The fraction of sp³-hybridized carbons (Fsp3) is 0. The first-order chi connectivity index (χ1) is 25.8. The maximum atomic E-state index is 7.01. The standard InChI is InChI=1S/C50H28O2/c1-2-9-29(10-3-1)34-21-17-30-20-24-38-35(22-18-31-19-23-37(34)46(30)47(31)38)39-25-26-40(36-14-8-16-44-48(36)41-13-6-7-15-43(41)51-44)50-49(39)42-27-32-11-4-5-12-33(32)28-45(42)52-50/h1-28H. The van der Waals surface area contributed by atoms with Crippen LogP contribution in [0.2, 0.25) is 0 Å². The highest BCUT2D eigenvalue weighted by Crippen LogP contribution is 2.48. The Kier molecular flexibility index (Phi) is 5.53. The van der Waals surface area contributed by atoms with E-state index in [9.17, 15) is 0 Å². The van der Waals surface area contributed by atoms with Gasteiger partial charge in [-0.05, 0) is 101 Å². The van der Waals surface area contributed by atoms with Gasteiger partial charge in [-0.15, -0.1) is 0 Å². The van der Waals surface area contributed by atoms with E-state index in [4.69, 9.17) is 8.83 Å². The van der Waals surface area contributed by atoms with Crippen LogP contribution < -0.4 is 0 Å². The molecule has 2 nitrogen and oxygen atoms in total. The van der Waals surface area contributed by atoms with Gasteiger partial charge < -0.3 is 8.83 Å². The minimum atomic E-state index is 0.874. The molecule has 2 aromatic heterocycles. The molecule has 240 valence electrons. The van der Waals surface area contributed by atoms with Gasteiger partial charge in [0.25, 0.3) is 0 Å². The number of hydrogen-bond donors (Lipinski definition) is 0. The van der Waals surface area contributed by atoms with Gasteiger partial charge >= 0.3 is 0 Å². The SMILES string of the molecule is c1ccc(-c2ccc3ccc4c(-c5ccc(-c6cccc7oc8ccccc8c67)c6oc7cc8ccccc8cc7c56)ccc5ccc2c3c54)cc1. The molecule has 0 radical (unpaired) electrons. The fourth-order valence-electron chi connectivity index (χ4n) is 8.91. The molecule has 0 saturated carbocycles. The molecule has 10 aromatic carbocycles. The normalized spacial score (nSPS) is 12.2. The van der Waals surface area contributed by atoms with Crippen LogP contribution in [0.1, 0.15) is 0 Å². The largest absolute Gasteiger partial charge is 0.456 e. The van der Waals surface area contributed by atoms with Gasteiger partial charge in [-0.25, -0.2) is 0 Å². The molecule has 0 aliphatic heterocycles. The van der Waals surface area contributed by atoms with Gasteiger partial charge in [0.05, 0.1) is 0 Å². The van der Waals surface area contributed by atoms with E-state index in [2.05, 4.69) is 158 Å². The molecule has 2 heteroatoms. The van der Waals surface area contributed by atoms with E-state index in [1.165, 1.54) is 60.0 Å². The summed E-state index contributed by atoms with van der Waals surface area (Å²) in [5.41, 5.74) is 10.5. The Hall–Kier alpha value is -6.90. The van der Waals surface area contributed by atoms with Crippen molar-refractivity contribution in [3.05, 3.63) is 170 Å². The molecule has 0 spiro atoms. The number of para-hydroxylation sites is 1. The second kappa shape index (κ2) is 10.3. The van der Waals surface area contributed by atoms with Gasteiger partial charge in [0.15, 0.2) is 0 Å². The third kappa shape index (κ3) is 3.78. The molecule has 0 fully saturated rings. The minimum Gasteiger partial charge on any atom is -0.456 e. The molecule has 0 unspecified atom stereocenters. The summed E-state index contributed by atoms with van der Waals surface area (Å²) in [4.78, 5) is 0. The quantitative estimate of drug-likeness (QED) is 0.176. The van der Waals surface area contributed by atoms with E-state index in [0.717, 1.165) is 60.4 Å². The van der Waals surface area contributed by atoms with Crippen molar-refractivity contribution in [2.75, 3.05) is 0 Å². The molecular weight excluding hydrogens is 633 g/mol. The van der Waals surface area contributed by atoms with E-state index in [-0.39, 0.29) is 0 Å². The topological polar surface area (TPSA) is 26.3 Å². The van der Waals surface area contributed by atoms with Crippen molar-refractivity contribution >= 4 is 87.0 Å². The minimum absolute atomic E-state index is 0.874. The Morgan fingerprint density at radius 1 is 0.269 bits per heavy atom. The van der Waals surface area contributed by atoms with Gasteiger partial charge in [-0.1, -0.05) is 140 Å². The molecule has 0 aliphatic rings. The van der Waals surface area contributed by atoms with E-state index >= 15 is 0 Å². The lowest BCUT2D eigenvalue weighted by molar-refractivity contribution is 0.669. The third-order valence-corrected chi connectivity index (χ3v) is 11.2. The van der Waals surface area contributed by atoms with Crippen molar-refractivity contribution in [1.82, 2.24) is 0 Å². The summed E-state index contributed by atoms with van der Waals surface area (Å²) in [6.45, 7) is 0. The van der Waals surface area contributed by atoms with E-state index in [1.54, 1.807) is 0 Å². The predicted molar refractivity (Wildman–Crippen MR) is 219 cm³/mol. The van der Waals surface area contributed by atoms with Crippen LogP contribution in [0.15, 0.2) is 179 Å². The monoisotopic (exact) mass is 660 g/mol. The molecule has 12 rings (SSSR count). The fourth-order valence-corrected chi connectivity index (χ4v) is 8.91. The van der Waals surface area contributed by atoms with Crippen molar-refractivity contribution < 1.29 is 8.83 Å². The van der Waals surface area contributed by atoms with Gasteiger partial charge in [-0.3, -0.25) is 0 Å². The third-order valence-electron chi connectivity index (χ3n) is 11.2. The molecule has 2 heterocycles. The van der Waals surface area contributed by atoms with E-state index in [1.807, 2.05) is 12.1 Å². The van der Waals surface area contributed by atoms with Gasteiger partial charge in [-0.2, -0.15) is 0 Å². The highest BCUT2D eigenvalue weighted by Gasteiger charge is 2.23. The molecule has 0 bridgehead atoms. The van der Waals surface area contributed by atoms with Gasteiger partial charge in [0, 0.05) is 27.1 Å². The Labute approximate surface area is 298 Å². The first kappa shape index (κ1) is 27.9. The van der Waals surface area contributed by atoms with Crippen molar-refractivity contribution in [3.8, 4) is 33.4 Å². The van der Waals surface area contributed by atoms with Crippen molar-refractivity contribution in [1.29, 1.82) is 0 Å². The molecule has 0 N–H and O–H groups in total. The Bertz CT molecular complexity index is 3400. The number of furan rings is 2. The van der Waals surface area contributed by atoms with E-state index < -0.39 is 0 Å². The molecule has 0 saturated heterocycles. The number of hydrogen-bond acceptors (Lipinski definition) is 2. The number of rotatable bonds is 3. The summed E-state index contributed by atoms with van der Waals surface area (Å²) in [6.07, 6.45) is 0. The average molecular weight is 661 g/mol. The molecule has 0 amide bonds. The second-order valence-electron chi connectivity index (χ2n) is 14.0. The summed E-state index contributed by atoms with van der Waals surface area (Å²) >= 11 is 0. The molecule has 12 aromatic rings. The highest BCUT2D eigenvalue weighted by atomic mass is 16.3. The summed E-state index contributed by atoms with van der Waals surface area (Å²) < 4.78 is 13.3. The van der Waals surface area contributed by atoms with Gasteiger partial charge in [0.2, 0.25) is 0 Å². The van der Waals surface area contributed by atoms with Crippen LogP contribution in [-0.2, 0) is 0 Å². The Morgan fingerprint density at radius 2 is 0.885 bits per heavy atom. The molecule has 0 atom stereocenters.